The van der Waals surface area contributed by atoms with Crippen LogP contribution in [0.3, 0.4) is 0 Å². The molecule has 1 atom stereocenters. The van der Waals surface area contributed by atoms with E-state index >= 15 is 4.39 Å². The molecule has 2 N–H and O–H groups in total. The lowest BCUT2D eigenvalue weighted by Gasteiger charge is -2.40. The maximum atomic E-state index is 15.8. The van der Waals surface area contributed by atoms with Crippen LogP contribution in [0.25, 0.3) is 10.9 Å². The first-order valence-corrected chi connectivity index (χ1v) is 12.6. The second kappa shape index (κ2) is 12.0. The number of hydrogen-bond donors (Lipinski definition) is 2. The van der Waals surface area contributed by atoms with E-state index in [9.17, 15) is 18.8 Å². The number of halogens is 3. The SMILES string of the molecule is COc1ccc2ncc(C)c([C@H](F)CCC3(C(=O)NO)CCN(CCOc4cc(F)cc(F)c4)CC3)c2c1. The highest BCUT2D eigenvalue weighted by atomic mass is 19.1. The van der Waals surface area contributed by atoms with Gasteiger partial charge in [0, 0.05) is 36.3 Å². The highest BCUT2D eigenvalue weighted by Gasteiger charge is 2.41. The van der Waals surface area contributed by atoms with Crippen LogP contribution < -0.4 is 15.0 Å². The van der Waals surface area contributed by atoms with Gasteiger partial charge in [0.15, 0.2) is 0 Å². The molecule has 2 heterocycles. The normalized spacial score (nSPS) is 16.3. The molecule has 3 aromatic rings. The van der Waals surface area contributed by atoms with Crippen molar-refractivity contribution in [3.63, 3.8) is 0 Å². The van der Waals surface area contributed by atoms with Gasteiger partial charge in [-0.05, 0) is 75.0 Å². The maximum absolute atomic E-state index is 15.8. The van der Waals surface area contributed by atoms with Crippen LogP contribution in [0.15, 0.2) is 42.6 Å². The van der Waals surface area contributed by atoms with E-state index in [4.69, 9.17) is 9.47 Å². The molecule has 1 amide bonds. The summed E-state index contributed by atoms with van der Waals surface area (Å²) in [7, 11) is 1.55. The van der Waals surface area contributed by atoms with E-state index in [0.717, 1.165) is 18.2 Å². The van der Waals surface area contributed by atoms with Gasteiger partial charge >= 0.3 is 0 Å². The zero-order valence-corrected chi connectivity index (χ0v) is 21.5. The summed E-state index contributed by atoms with van der Waals surface area (Å²) in [6.07, 6.45) is 1.49. The molecule has 0 unspecified atom stereocenters. The standard InChI is InChI=1S/C28H32F3N3O4/c1-18-17-32-25-4-3-21(37-2)16-23(25)26(18)24(31)5-6-28(27(35)33-36)7-9-34(10-8-28)11-12-38-22-14-19(29)13-20(30)15-22/h3-4,13-17,24,36H,5-12H2,1-2H3,(H,33,35)/t24-/m1/s1. The lowest BCUT2D eigenvalue weighted by atomic mass is 9.73. The summed E-state index contributed by atoms with van der Waals surface area (Å²) in [5, 5.41) is 10.1. The first-order chi connectivity index (χ1) is 18.2. The molecule has 204 valence electrons. The number of alkyl halides is 1. The van der Waals surface area contributed by atoms with E-state index in [0.29, 0.717) is 60.3 Å². The Balaban J connectivity index is 1.39. The van der Waals surface area contributed by atoms with Crippen molar-refractivity contribution in [3.05, 3.63) is 65.4 Å². The number of nitrogens with zero attached hydrogens (tertiary/aromatic N) is 2. The number of likely N-dealkylation sites (tertiary alicyclic amines) is 1. The second-order valence-corrected chi connectivity index (χ2v) is 9.76. The van der Waals surface area contributed by atoms with E-state index in [-0.39, 0.29) is 25.2 Å². The molecule has 0 saturated carbocycles. The van der Waals surface area contributed by atoms with Gasteiger partial charge in [0.2, 0.25) is 5.91 Å². The monoisotopic (exact) mass is 531 g/mol. The average Bonchev–Trinajstić information content (AvgIpc) is 2.91. The number of methoxy groups -OCH3 is 1. The number of carbonyl (C=O) groups excluding carboxylic acids is 1. The Labute approximate surface area is 219 Å². The van der Waals surface area contributed by atoms with Crippen LogP contribution in [-0.4, -0.2) is 54.3 Å². The molecule has 0 bridgehead atoms. The first-order valence-electron chi connectivity index (χ1n) is 12.6. The highest BCUT2D eigenvalue weighted by Crippen LogP contribution is 2.41. The van der Waals surface area contributed by atoms with E-state index in [1.54, 1.807) is 37.0 Å². The first kappa shape index (κ1) is 27.7. The van der Waals surface area contributed by atoms with Crippen molar-refractivity contribution in [1.82, 2.24) is 15.4 Å². The maximum Gasteiger partial charge on any atom is 0.249 e. The summed E-state index contributed by atoms with van der Waals surface area (Å²) >= 11 is 0. The zero-order chi connectivity index (χ0) is 27.3. The number of hydrogen-bond acceptors (Lipinski definition) is 6. The van der Waals surface area contributed by atoms with Crippen molar-refractivity contribution >= 4 is 16.8 Å². The average molecular weight is 532 g/mol. The van der Waals surface area contributed by atoms with Crippen LogP contribution in [0.4, 0.5) is 13.2 Å². The fourth-order valence-electron chi connectivity index (χ4n) is 5.20. The Morgan fingerprint density at radius 2 is 1.87 bits per heavy atom. The van der Waals surface area contributed by atoms with Crippen LogP contribution >= 0.6 is 0 Å². The molecular formula is C28H32F3N3O4. The summed E-state index contributed by atoms with van der Waals surface area (Å²) in [6, 6.07) is 8.35. The van der Waals surface area contributed by atoms with Crippen molar-refractivity contribution in [1.29, 1.82) is 0 Å². The number of piperidine rings is 1. The number of fused-ring (bicyclic) bond motifs is 1. The van der Waals surface area contributed by atoms with Crippen molar-refractivity contribution in [2.45, 2.75) is 38.8 Å². The molecule has 0 spiro atoms. The van der Waals surface area contributed by atoms with Gasteiger partial charge < -0.3 is 9.47 Å². The Morgan fingerprint density at radius 3 is 2.53 bits per heavy atom. The van der Waals surface area contributed by atoms with E-state index in [1.165, 1.54) is 0 Å². The fraction of sp³-hybridized carbons (Fsp3) is 0.429. The number of aryl methyl sites for hydroxylation is 1. The Hall–Kier alpha value is -3.37. The van der Waals surface area contributed by atoms with Gasteiger partial charge in [0.05, 0.1) is 18.0 Å². The minimum Gasteiger partial charge on any atom is -0.497 e. The summed E-state index contributed by atoms with van der Waals surface area (Å²) in [6.45, 7) is 3.57. The van der Waals surface area contributed by atoms with Gasteiger partial charge in [0.1, 0.15) is 35.9 Å². The molecule has 1 fully saturated rings. The van der Waals surface area contributed by atoms with Crippen LogP contribution in [0, 0.1) is 24.0 Å². The van der Waals surface area contributed by atoms with Crippen LogP contribution in [0.5, 0.6) is 11.5 Å². The summed E-state index contributed by atoms with van der Waals surface area (Å²) in [4.78, 5) is 19.2. The summed E-state index contributed by atoms with van der Waals surface area (Å²) < 4.78 is 53.3. The van der Waals surface area contributed by atoms with Crippen LogP contribution in [-0.2, 0) is 4.79 Å². The largest absolute Gasteiger partial charge is 0.497 e. The summed E-state index contributed by atoms with van der Waals surface area (Å²) in [5.41, 5.74) is 2.76. The van der Waals surface area contributed by atoms with Crippen molar-refractivity contribution in [2.24, 2.45) is 5.41 Å². The number of ether oxygens (including phenoxy) is 2. The lowest BCUT2D eigenvalue weighted by molar-refractivity contribution is -0.143. The lowest BCUT2D eigenvalue weighted by Crippen LogP contribution is -2.49. The van der Waals surface area contributed by atoms with Crippen LogP contribution in [0.2, 0.25) is 0 Å². The molecule has 1 saturated heterocycles. The number of benzene rings is 2. The second-order valence-electron chi connectivity index (χ2n) is 9.76. The number of pyridine rings is 1. The van der Waals surface area contributed by atoms with E-state index in [1.807, 2.05) is 6.92 Å². The molecule has 0 radical (unpaired) electrons. The third-order valence-electron chi connectivity index (χ3n) is 7.41. The van der Waals surface area contributed by atoms with Gasteiger partial charge in [0.25, 0.3) is 0 Å². The predicted octanol–water partition coefficient (Wildman–Crippen LogP) is 5.29. The molecule has 10 heteroatoms. The topological polar surface area (TPSA) is 83.9 Å². The molecule has 1 aliphatic rings. The Morgan fingerprint density at radius 1 is 1.16 bits per heavy atom. The van der Waals surface area contributed by atoms with Crippen molar-refractivity contribution in [3.8, 4) is 11.5 Å². The number of rotatable bonds is 10. The molecule has 7 nitrogen and oxygen atoms in total. The fourth-order valence-corrected chi connectivity index (χ4v) is 5.20. The van der Waals surface area contributed by atoms with Crippen LogP contribution in [0.1, 0.15) is 43.0 Å². The van der Waals surface area contributed by atoms with Crippen molar-refractivity contribution < 1.29 is 32.6 Å². The quantitative estimate of drug-likeness (QED) is 0.273. The van der Waals surface area contributed by atoms with Gasteiger partial charge in [-0.3, -0.25) is 19.9 Å². The molecule has 2 aromatic carbocycles. The van der Waals surface area contributed by atoms with E-state index in [2.05, 4.69) is 9.88 Å². The number of hydroxylamine groups is 1. The van der Waals surface area contributed by atoms with Gasteiger partial charge in [-0.15, -0.1) is 0 Å². The minimum atomic E-state index is -1.34. The molecule has 1 aliphatic heterocycles. The highest BCUT2D eigenvalue weighted by molar-refractivity contribution is 5.85. The molecular weight excluding hydrogens is 499 g/mol. The summed E-state index contributed by atoms with van der Waals surface area (Å²) in [5.74, 6) is -1.22. The van der Waals surface area contributed by atoms with Gasteiger partial charge in [-0.2, -0.15) is 0 Å². The molecule has 0 aliphatic carbocycles. The van der Waals surface area contributed by atoms with Gasteiger partial charge in [-0.25, -0.2) is 18.7 Å². The third-order valence-corrected chi connectivity index (χ3v) is 7.41. The molecule has 38 heavy (non-hydrogen) atoms. The molecule has 1 aromatic heterocycles. The third kappa shape index (κ3) is 6.19. The van der Waals surface area contributed by atoms with Gasteiger partial charge in [-0.1, -0.05) is 0 Å². The number of carbonyl (C=O) groups is 1. The predicted molar refractivity (Wildman–Crippen MR) is 136 cm³/mol. The zero-order valence-electron chi connectivity index (χ0n) is 21.5. The minimum absolute atomic E-state index is 0.0961. The number of nitrogens with one attached hydrogen (secondary N) is 1. The van der Waals surface area contributed by atoms with Crippen molar-refractivity contribution in [2.75, 3.05) is 33.4 Å². The number of amides is 1. The molecule has 4 rings (SSSR count). The Kier molecular flexibility index (Phi) is 8.73. The van der Waals surface area contributed by atoms with E-state index < -0.39 is 29.1 Å². The Bertz CT molecular complexity index is 1260. The number of aromatic nitrogens is 1. The smallest absolute Gasteiger partial charge is 0.249 e.